The normalized spacial score (nSPS) is 20.5. The molecular formula is C16H25N4O8PS. The van der Waals surface area contributed by atoms with Crippen molar-refractivity contribution in [3.8, 4) is 0 Å². The molecule has 1 aromatic rings. The third kappa shape index (κ3) is 6.81. The lowest BCUT2D eigenvalue weighted by molar-refractivity contribution is -0.139. The van der Waals surface area contributed by atoms with Crippen molar-refractivity contribution in [2.24, 2.45) is 0 Å². The van der Waals surface area contributed by atoms with Gasteiger partial charge in [0.05, 0.1) is 25.6 Å². The molecule has 1 amide bonds. The number of esters is 1. The largest absolute Gasteiger partial charge is 0.468 e. The van der Waals surface area contributed by atoms with Gasteiger partial charge in [0.1, 0.15) is 12.8 Å². The summed E-state index contributed by atoms with van der Waals surface area (Å²) in [6.45, 7) is -2.47. The number of carbonyl (C=O) groups is 2. The molecule has 168 valence electrons. The van der Waals surface area contributed by atoms with Crippen molar-refractivity contribution in [1.82, 2.24) is 20.0 Å². The van der Waals surface area contributed by atoms with Crippen LogP contribution in [0.3, 0.4) is 0 Å². The molecule has 0 radical (unpaired) electrons. The Bertz CT molecular complexity index is 909. The molecule has 0 spiro atoms. The second-order valence-electron chi connectivity index (χ2n) is 6.42. The smallest absolute Gasteiger partial charge is 0.330 e. The van der Waals surface area contributed by atoms with Crippen molar-refractivity contribution in [2.45, 2.75) is 32.1 Å². The standard InChI is InChI=1S/C16H25N4O8PS/c1-10-7-20(16(24)19-15(10)23)13-5-4-11(28-13)8-27-29(25,18-6-14(22)26-3)30-9-12(21)17-2/h7,11,13H,4-6,8-9H2,1-3H3,(H,17,21)(H,18,25)(H,19,23,24)/t11-,13+,29?/m0/s1. The van der Waals surface area contributed by atoms with Crippen molar-refractivity contribution < 1.29 is 28.2 Å². The summed E-state index contributed by atoms with van der Waals surface area (Å²) in [6, 6.07) is 0. The first-order chi connectivity index (χ1) is 14.2. The number of H-pyrrole nitrogens is 1. The maximum Gasteiger partial charge on any atom is 0.330 e. The predicted molar refractivity (Wildman–Crippen MR) is 109 cm³/mol. The van der Waals surface area contributed by atoms with Crippen molar-refractivity contribution in [1.29, 1.82) is 0 Å². The number of rotatable bonds is 10. The highest BCUT2D eigenvalue weighted by Gasteiger charge is 2.32. The minimum atomic E-state index is -3.61. The third-order valence-corrected chi connectivity index (χ3v) is 8.14. The van der Waals surface area contributed by atoms with Crippen LogP contribution in [0.4, 0.5) is 0 Å². The topological polar surface area (TPSA) is 158 Å². The summed E-state index contributed by atoms with van der Waals surface area (Å²) in [5, 5.41) is 4.92. The zero-order valence-corrected chi connectivity index (χ0v) is 18.5. The minimum Gasteiger partial charge on any atom is -0.468 e. The summed E-state index contributed by atoms with van der Waals surface area (Å²) in [6.07, 6.45) is 1.37. The van der Waals surface area contributed by atoms with Crippen LogP contribution in [0.25, 0.3) is 0 Å². The van der Waals surface area contributed by atoms with Gasteiger partial charge in [-0.25, -0.2) is 9.88 Å². The van der Waals surface area contributed by atoms with Gasteiger partial charge in [-0.2, -0.15) is 0 Å². The molecule has 2 heterocycles. The molecule has 1 aliphatic rings. The first-order valence-corrected chi connectivity index (χ1v) is 12.3. The van der Waals surface area contributed by atoms with Gasteiger partial charge in [-0.1, -0.05) is 0 Å². The van der Waals surface area contributed by atoms with E-state index in [0.717, 1.165) is 11.4 Å². The predicted octanol–water partition coefficient (Wildman–Crippen LogP) is -0.111. The van der Waals surface area contributed by atoms with Gasteiger partial charge in [0, 0.05) is 18.8 Å². The summed E-state index contributed by atoms with van der Waals surface area (Å²) < 4.78 is 30.1. The van der Waals surface area contributed by atoms with Gasteiger partial charge < -0.3 is 19.3 Å². The first kappa shape index (κ1) is 24.4. The molecule has 0 aromatic carbocycles. The molecule has 1 unspecified atom stereocenters. The van der Waals surface area contributed by atoms with Gasteiger partial charge >= 0.3 is 18.4 Å². The molecule has 14 heteroatoms. The van der Waals surface area contributed by atoms with Crippen LogP contribution < -0.4 is 21.7 Å². The number of nitrogens with zero attached hydrogens (tertiary/aromatic N) is 1. The van der Waals surface area contributed by atoms with Gasteiger partial charge in [0.25, 0.3) is 5.56 Å². The molecule has 0 bridgehead atoms. The van der Waals surface area contributed by atoms with Gasteiger partial charge in [0.15, 0.2) is 0 Å². The highest BCUT2D eigenvalue weighted by atomic mass is 32.7. The van der Waals surface area contributed by atoms with E-state index >= 15 is 0 Å². The van der Waals surface area contributed by atoms with Crippen LogP contribution in [-0.2, 0) is 28.2 Å². The van der Waals surface area contributed by atoms with Crippen LogP contribution in [0.1, 0.15) is 24.6 Å². The average Bonchev–Trinajstić information content (AvgIpc) is 3.20. The van der Waals surface area contributed by atoms with E-state index in [1.54, 1.807) is 6.92 Å². The van der Waals surface area contributed by atoms with Crippen molar-refractivity contribution >= 4 is 30.0 Å². The van der Waals surface area contributed by atoms with E-state index in [9.17, 15) is 23.7 Å². The van der Waals surface area contributed by atoms with E-state index in [1.807, 2.05) is 0 Å². The maximum atomic E-state index is 13.0. The summed E-state index contributed by atoms with van der Waals surface area (Å²) in [5.41, 5.74) is -0.663. The highest BCUT2D eigenvalue weighted by molar-refractivity contribution is 8.56. The SMILES string of the molecule is CNC(=O)CSP(=O)(NCC(=O)OC)OC[C@@H]1CC[C@H](n2cc(C)c(=O)[nH]c2=O)O1. The van der Waals surface area contributed by atoms with E-state index in [1.165, 1.54) is 24.9 Å². The van der Waals surface area contributed by atoms with E-state index in [4.69, 9.17) is 9.26 Å². The van der Waals surface area contributed by atoms with Crippen LogP contribution in [0.2, 0.25) is 0 Å². The quantitative estimate of drug-likeness (QED) is 0.315. The molecule has 3 atom stereocenters. The summed E-state index contributed by atoms with van der Waals surface area (Å²) in [4.78, 5) is 48.6. The Balaban J connectivity index is 1.99. The van der Waals surface area contributed by atoms with Crippen LogP contribution in [0.5, 0.6) is 0 Å². The van der Waals surface area contributed by atoms with Gasteiger partial charge in [-0.15, -0.1) is 0 Å². The highest BCUT2D eigenvalue weighted by Crippen LogP contribution is 2.56. The van der Waals surface area contributed by atoms with Gasteiger partial charge in [0.2, 0.25) is 5.91 Å². The fraction of sp³-hybridized carbons (Fsp3) is 0.625. The number of amides is 1. The van der Waals surface area contributed by atoms with Crippen LogP contribution in [0.15, 0.2) is 15.8 Å². The van der Waals surface area contributed by atoms with Crippen molar-refractivity contribution in [3.63, 3.8) is 0 Å². The second-order valence-corrected chi connectivity index (χ2v) is 10.8. The molecule has 3 N–H and O–H groups in total. The Hall–Kier alpha value is -1.92. The van der Waals surface area contributed by atoms with Crippen molar-refractivity contribution in [3.05, 3.63) is 32.6 Å². The number of aromatic nitrogens is 2. The zero-order valence-electron chi connectivity index (χ0n) is 16.8. The Morgan fingerprint density at radius 1 is 1.40 bits per heavy atom. The van der Waals surface area contributed by atoms with Crippen LogP contribution in [0, 0.1) is 6.92 Å². The van der Waals surface area contributed by atoms with Crippen molar-refractivity contribution in [2.75, 3.05) is 33.1 Å². The Labute approximate surface area is 176 Å². The number of hydrogen-bond acceptors (Lipinski definition) is 9. The van der Waals surface area contributed by atoms with E-state index in [-0.39, 0.29) is 24.8 Å². The van der Waals surface area contributed by atoms with E-state index < -0.39 is 36.3 Å². The van der Waals surface area contributed by atoms with Crippen LogP contribution in [-0.4, -0.2) is 60.6 Å². The molecule has 1 saturated heterocycles. The second kappa shape index (κ2) is 10.9. The van der Waals surface area contributed by atoms with Gasteiger partial charge in [-0.3, -0.25) is 28.5 Å². The lowest BCUT2D eigenvalue weighted by atomic mass is 10.2. The average molecular weight is 464 g/mol. The number of nitrogens with one attached hydrogen (secondary N) is 3. The fourth-order valence-electron chi connectivity index (χ4n) is 2.57. The molecular weight excluding hydrogens is 439 g/mol. The molecule has 0 saturated carbocycles. The molecule has 1 aliphatic heterocycles. The minimum absolute atomic E-state index is 0.0836. The monoisotopic (exact) mass is 464 g/mol. The number of hydrogen-bond donors (Lipinski definition) is 3. The number of methoxy groups -OCH3 is 1. The lowest BCUT2D eigenvalue weighted by Crippen LogP contribution is -2.33. The van der Waals surface area contributed by atoms with E-state index in [2.05, 4.69) is 20.1 Å². The molecule has 12 nitrogen and oxygen atoms in total. The molecule has 30 heavy (non-hydrogen) atoms. The summed E-state index contributed by atoms with van der Waals surface area (Å²) >= 11 is 0.747. The zero-order chi connectivity index (χ0) is 22.3. The summed E-state index contributed by atoms with van der Waals surface area (Å²) in [5.74, 6) is -1.12. The first-order valence-electron chi connectivity index (χ1n) is 9.06. The van der Waals surface area contributed by atoms with Gasteiger partial charge in [-0.05, 0) is 31.1 Å². The van der Waals surface area contributed by atoms with Crippen LogP contribution >= 0.6 is 18.1 Å². The summed E-state index contributed by atoms with van der Waals surface area (Å²) in [7, 11) is 2.64. The molecule has 1 fully saturated rings. The maximum absolute atomic E-state index is 13.0. The Morgan fingerprint density at radius 2 is 2.13 bits per heavy atom. The third-order valence-electron chi connectivity index (χ3n) is 4.26. The Kier molecular flexibility index (Phi) is 8.86. The van der Waals surface area contributed by atoms with E-state index in [0.29, 0.717) is 18.4 Å². The molecule has 2 rings (SSSR count). The number of ether oxygens (including phenoxy) is 2. The Morgan fingerprint density at radius 3 is 2.80 bits per heavy atom. The number of carbonyl (C=O) groups excluding carboxylic acids is 2. The number of aromatic amines is 1. The molecule has 0 aliphatic carbocycles. The lowest BCUT2D eigenvalue weighted by Gasteiger charge is -2.21. The number of aryl methyl sites for hydroxylation is 1. The molecule has 1 aromatic heterocycles. The fourth-order valence-corrected chi connectivity index (χ4v) is 5.68.